The van der Waals surface area contributed by atoms with Crippen molar-refractivity contribution in [3.05, 3.63) is 71.3 Å². The van der Waals surface area contributed by atoms with Gasteiger partial charge < -0.3 is 15.9 Å². The molecular formula is C17H17F2NO3. The van der Waals surface area contributed by atoms with E-state index in [1.807, 2.05) is 0 Å². The fourth-order valence-electron chi connectivity index (χ4n) is 2.12. The maximum atomic E-state index is 12.7. The van der Waals surface area contributed by atoms with Crippen LogP contribution >= 0.6 is 0 Å². The molecule has 0 bridgehead atoms. The lowest BCUT2D eigenvalue weighted by Gasteiger charge is -2.03. The third-order valence-electron chi connectivity index (χ3n) is 3.56. The number of carbonyl (C=O) groups is 1. The number of aliphatic carboxylic acids is 1. The lowest BCUT2D eigenvalue weighted by molar-refractivity contribution is -0.146. The predicted molar refractivity (Wildman–Crippen MR) is 80.7 cm³/mol. The monoisotopic (exact) mass is 321 g/mol. The Balaban J connectivity index is 0.000000168. The highest BCUT2D eigenvalue weighted by atomic mass is 19.2. The molecule has 1 fully saturated rings. The maximum Gasteiger partial charge on any atom is 0.337 e. The molecule has 3 rings (SSSR count). The quantitative estimate of drug-likeness (QED) is 0.811. The molecule has 0 aromatic heterocycles. The van der Waals surface area contributed by atoms with Crippen LogP contribution in [0.25, 0.3) is 0 Å². The number of halogens is 2. The fraction of sp³-hybridized carbons (Fsp3) is 0.235. The van der Waals surface area contributed by atoms with Crippen molar-refractivity contribution < 1.29 is 23.8 Å². The molecule has 0 radical (unpaired) electrons. The van der Waals surface area contributed by atoms with E-state index in [0.29, 0.717) is 5.56 Å². The first-order chi connectivity index (χ1) is 10.9. The Kier molecular flexibility index (Phi) is 5.41. The van der Waals surface area contributed by atoms with Crippen molar-refractivity contribution in [2.75, 3.05) is 0 Å². The number of aliphatic hydroxyl groups is 1. The van der Waals surface area contributed by atoms with Gasteiger partial charge in [-0.1, -0.05) is 36.4 Å². The Bertz CT molecular complexity index is 679. The van der Waals surface area contributed by atoms with E-state index in [0.717, 1.165) is 18.1 Å². The molecule has 0 aliphatic heterocycles. The number of hydrogen-bond acceptors (Lipinski definition) is 3. The third-order valence-corrected chi connectivity index (χ3v) is 3.56. The molecule has 3 unspecified atom stereocenters. The number of nitrogens with two attached hydrogens (primary N) is 1. The summed E-state index contributed by atoms with van der Waals surface area (Å²) >= 11 is 0. The lowest BCUT2D eigenvalue weighted by atomic mass is 10.1. The highest BCUT2D eigenvalue weighted by Gasteiger charge is 2.35. The predicted octanol–water partition coefficient (Wildman–Crippen LogP) is 2.58. The van der Waals surface area contributed by atoms with Crippen LogP contribution < -0.4 is 5.73 Å². The summed E-state index contributed by atoms with van der Waals surface area (Å²) in [4.78, 5) is 10.2. The fourth-order valence-corrected chi connectivity index (χ4v) is 2.12. The average molecular weight is 321 g/mol. The molecule has 4 N–H and O–H groups in total. The lowest BCUT2D eigenvalue weighted by Crippen LogP contribution is -2.09. The molecule has 4 nitrogen and oxygen atoms in total. The van der Waals surface area contributed by atoms with Crippen molar-refractivity contribution in [1.29, 1.82) is 0 Å². The normalized spacial score (nSPS) is 20.2. The van der Waals surface area contributed by atoms with Crippen molar-refractivity contribution in [2.24, 2.45) is 5.73 Å². The minimum Gasteiger partial charge on any atom is -0.479 e. The summed E-state index contributed by atoms with van der Waals surface area (Å²) < 4.78 is 25.2. The van der Waals surface area contributed by atoms with E-state index in [1.165, 1.54) is 6.07 Å². The SMILES string of the molecule is NC1CC1c1ccc(F)c(F)c1.O=C(O)C(O)c1ccccc1. The van der Waals surface area contributed by atoms with Crippen molar-refractivity contribution in [1.82, 2.24) is 0 Å². The van der Waals surface area contributed by atoms with Gasteiger partial charge in [-0.05, 0) is 29.7 Å². The summed E-state index contributed by atoms with van der Waals surface area (Å²) in [6.45, 7) is 0. The van der Waals surface area contributed by atoms with Gasteiger partial charge in [-0.3, -0.25) is 0 Å². The van der Waals surface area contributed by atoms with Crippen LogP contribution in [0.4, 0.5) is 8.78 Å². The van der Waals surface area contributed by atoms with E-state index in [2.05, 4.69) is 0 Å². The van der Waals surface area contributed by atoms with Crippen molar-refractivity contribution >= 4 is 5.97 Å². The summed E-state index contributed by atoms with van der Waals surface area (Å²) in [6.07, 6.45) is -0.526. The van der Waals surface area contributed by atoms with Crippen LogP contribution in [0.5, 0.6) is 0 Å². The first kappa shape index (κ1) is 17.1. The van der Waals surface area contributed by atoms with Gasteiger partial charge in [0, 0.05) is 12.0 Å². The summed E-state index contributed by atoms with van der Waals surface area (Å²) in [5.74, 6) is -2.57. The molecule has 2 aromatic rings. The summed E-state index contributed by atoms with van der Waals surface area (Å²) in [6, 6.07) is 12.4. The summed E-state index contributed by atoms with van der Waals surface area (Å²) in [5.41, 5.74) is 6.78. The minimum atomic E-state index is -1.41. The first-order valence-electron chi connectivity index (χ1n) is 7.06. The number of carboxylic acid groups (broad SMARTS) is 1. The van der Waals surface area contributed by atoms with Crippen LogP contribution in [0.15, 0.2) is 48.5 Å². The zero-order valence-electron chi connectivity index (χ0n) is 12.2. The molecule has 3 atom stereocenters. The number of hydrogen-bond donors (Lipinski definition) is 3. The Morgan fingerprint density at radius 3 is 2.22 bits per heavy atom. The molecule has 1 saturated carbocycles. The largest absolute Gasteiger partial charge is 0.479 e. The van der Waals surface area contributed by atoms with E-state index in [9.17, 15) is 13.6 Å². The van der Waals surface area contributed by atoms with Crippen LogP contribution in [0, 0.1) is 11.6 Å². The molecule has 2 aromatic carbocycles. The van der Waals surface area contributed by atoms with E-state index >= 15 is 0 Å². The van der Waals surface area contributed by atoms with Gasteiger partial charge in [-0.15, -0.1) is 0 Å². The van der Waals surface area contributed by atoms with Gasteiger partial charge in [-0.25, -0.2) is 13.6 Å². The highest BCUT2D eigenvalue weighted by molar-refractivity contribution is 5.73. The number of rotatable bonds is 3. The van der Waals surface area contributed by atoms with Crippen molar-refractivity contribution in [2.45, 2.75) is 24.5 Å². The van der Waals surface area contributed by atoms with Crippen LogP contribution in [-0.2, 0) is 4.79 Å². The molecule has 1 aliphatic carbocycles. The molecule has 0 saturated heterocycles. The summed E-state index contributed by atoms with van der Waals surface area (Å²) in [7, 11) is 0. The molecule has 0 spiro atoms. The zero-order chi connectivity index (χ0) is 17.0. The van der Waals surface area contributed by atoms with Gasteiger partial charge in [0.1, 0.15) is 0 Å². The highest BCUT2D eigenvalue weighted by Crippen LogP contribution is 2.39. The van der Waals surface area contributed by atoms with Gasteiger partial charge >= 0.3 is 5.97 Å². The van der Waals surface area contributed by atoms with Crippen LogP contribution in [0.2, 0.25) is 0 Å². The van der Waals surface area contributed by atoms with Crippen LogP contribution in [0.3, 0.4) is 0 Å². The van der Waals surface area contributed by atoms with Gasteiger partial charge in [0.2, 0.25) is 0 Å². The van der Waals surface area contributed by atoms with Gasteiger partial charge in [0.25, 0.3) is 0 Å². The molecule has 6 heteroatoms. The second-order valence-electron chi connectivity index (χ2n) is 5.33. The molecule has 0 heterocycles. The second-order valence-corrected chi connectivity index (χ2v) is 5.33. The summed E-state index contributed by atoms with van der Waals surface area (Å²) in [5, 5.41) is 17.4. The average Bonchev–Trinajstić information content (AvgIpc) is 3.27. The standard InChI is InChI=1S/C9H9F2N.C8H8O3/c10-7-2-1-5(3-8(7)11)6-4-9(6)12;9-7(8(10)11)6-4-2-1-3-5-6/h1-3,6,9H,4,12H2;1-5,7,9H,(H,10,11). The Hall–Kier alpha value is -2.31. The van der Waals surface area contributed by atoms with Gasteiger partial charge in [0.15, 0.2) is 17.7 Å². The van der Waals surface area contributed by atoms with E-state index in [4.69, 9.17) is 15.9 Å². The third kappa shape index (κ3) is 4.58. The molecule has 23 heavy (non-hydrogen) atoms. The minimum absolute atomic E-state index is 0.134. The molecular weight excluding hydrogens is 304 g/mol. The van der Waals surface area contributed by atoms with E-state index in [1.54, 1.807) is 36.4 Å². The number of carboxylic acids is 1. The maximum absolute atomic E-state index is 12.7. The Morgan fingerprint density at radius 2 is 1.74 bits per heavy atom. The topological polar surface area (TPSA) is 83.6 Å². The molecule has 0 amide bonds. The van der Waals surface area contributed by atoms with Gasteiger partial charge in [0.05, 0.1) is 0 Å². The second kappa shape index (κ2) is 7.30. The molecule has 1 aliphatic rings. The van der Waals surface area contributed by atoms with Crippen molar-refractivity contribution in [3.8, 4) is 0 Å². The Morgan fingerprint density at radius 1 is 1.13 bits per heavy atom. The Labute approximate surface area is 132 Å². The van der Waals surface area contributed by atoms with E-state index in [-0.39, 0.29) is 12.0 Å². The number of aliphatic hydroxyl groups excluding tert-OH is 1. The zero-order valence-corrected chi connectivity index (χ0v) is 12.2. The number of benzene rings is 2. The smallest absolute Gasteiger partial charge is 0.337 e. The van der Waals surface area contributed by atoms with Crippen LogP contribution in [0.1, 0.15) is 29.6 Å². The van der Waals surface area contributed by atoms with Crippen LogP contribution in [-0.4, -0.2) is 22.2 Å². The molecule has 122 valence electrons. The van der Waals surface area contributed by atoms with Gasteiger partial charge in [-0.2, -0.15) is 0 Å². The van der Waals surface area contributed by atoms with E-state index < -0.39 is 23.7 Å². The van der Waals surface area contributed by atoms with Crippen molar-refractivity contribution in [3.63, 3.8) is 0 Å². The first-order valence-corrected chi connectivity index (χ1v) is 7.06.